The Kier molecular flexibility index (Phi) is 6.23. The summed E-state index contributed by atoms with van der Waals surface area (Å²) in [6.07, 6.45) is 0. The van der Waals surface area contributed by atoms with Gasteiger partial charge in [0.15, 0.2) is 17.5 Å². The van der Waals surface area contributed by atoms with Crippen LogP contribution >= 0.6 is 39.0 Å². The Morgan fingerprint density at radius 2 is 1.93 bits per heavy atom. The molecule has 4 aromatic rings. The van der Waals surface area contributed by atoms with Crippen molar-refractivity contribution in [1.29, 1.82) is 5.26 Å². The Labute approximate surface area is 190 Å². The first-order chi connectivity index (χ1) is 14.5. The van der Waals surface area contributed by atoms with Crippen molar-refractivity contribution in [2.75, 3.05) is 5.75 Å². The number of benzene rings is 2. The largest absolute Gasteiger partial charge is 0.297 e. The molecule has 148 valence electrons. The average Bonchev–Trinajstić information content (AvgIpc) is 3.18. The Bertz CT molecular complexity index is 1260. The van der Waals surface area contributed by atoms with E-state index in [4.69, 9.17) is 4.98 Å². The summed E-state index contributed by atoms with van der Waals surface area (Å²) in [5.74, 6) is -0.291. The smallest absolute Gasteiger partial charge is 0.167 e. The van der Waals surface area contributed by atoms with E-state index in [1.165, 1.54) is 23.1 Å². The number of thiazole rings is 1. The number of thioether (sulfide) groups is 1. The number of carbonyl (C=O) groups excluding carboxylic acids is 1. The molecule has 0 fully saturated rings. The lowest BCUT2D eigenvalue weighted by atomic mass is 10.1. The molecule has 0 aliphatic heterocycles. The van der Waals surface area contributed by atoms with Crippen molar-refractivity contribution in [3.8, 4) is 17.5 Å². The fourth-order valence-corrected chi connectivity index (χ4v) is 4.93. The van der Waals surface area contributed by atoms with Gasteiger partial charge in [0.2, 0.25) is 0 Å². The average molecular weight is 495 g/mol. The zero-order valence-electron chi connectivity index (χ0n) is 15.9. The predicted molar refractivity (Wildman–Crippen MR) is 124 cm³/mol. The van der Waals surface area contributed by atoms with Crippen LogP contribution in [0.15, 0.2) is 63.4 Å². The maximum absolute atomic E-state index is 12.8. The monoisotopic (exact) mass is 494 g/mol. The number of Topliss-reactive ketones (excluding diaryl/α,β-unsaturated/α-hetero) is 1. The van der Waals surface area contributed by atoms with Gasteiger partial charge in [0, 0.05) is 26.5 Å². The van der Waals surface area contributed by atoms with Crippen molar-refractivity contribution in [2.45, 2.75) is 17.9 Å². The lowest BCUT2D eigenvalue weighted by Crippen LogP contribution is -2.13. The van der Waals surface area contributed by atoms with Crippen molar-refractivity contribution in [3.63, 3.8) is 0 Å². The minimum atomic E-state index is -0.852. The number of halogens is 1. The van der Waals surface area contributed by atoms with Crippen LogP contribution in [0.3, 0.4) is 0 Å². The summed E-state index contributed by atoms with van der Waals surface area (Å²) in [4.78, 5) is 26.5. The predicted octanol–water partition coefficient (Wildman–Crippen LogP) is 5.79. The molecule has 0 spiro atoms. The first-order valence-corrected chi connectivity index (χ1v) is 11.7. The molecule has 2 aromatic carbocycles. The molecule has 4 rings (SSSR count). The fourth-order valence-electron chi connectivity index (χ4n) is 2.88. The van der Waals surface area contributed by atoms with Crippen LogP contribution in [0.1, 0.15) is 16.6 Å². The molecule has 0 bridgehead atoms. The summed E-state index contributed by atoms with van der Waals surface area (Å²) in [6, 6.07) is 17.6. The quantitative estimate of drug-likeness (QED) is 0.249. The molecule has 0 saturated heterocycles. The number of para-hydroxylation sites is 1. The van der Waals surface area contributed by atoms with Gasteiger partial charge in [-0.2, -0.15) is 5.26 Å². The highest BCUT2D eigenvalue weighted by atomic mass is 79.9. The number of hydrogen-bond acceptors (Lipinski definition) is 7. The second kappa shape index (κ2) is 9.04. The minimum absolute atomic E-state index is 0.137. The number of rotatable bonds is 6. The van der Waals surface area contributed by atoms with Crippen molar-refractivity contribution < 1.29 is 4.79 Å². The lowest BCUT2D eigenvalue weighted by Gasteiger charge is -2.09. The van der Waals surface area contributed by atoms with Crippen LogP contribution in [-0.2, 0) is 4.79 Å². The van der Waals surface area contributed by atoms with Crippen molar-refractivity contribution >= 4 is 55.7 Å². The zero-order chi connectivity index (χ0) is 21.1. The summed E-state index contributed by atoms with van der Waals surface area (Å²) in [6.45, 7) is 1.85. The summed E-state index contributed by atoms with van der Waals surface area (Å²) in [7, 11) is 0. The number of carbonyl (C=O) groups is 1. The molecule has 5 nitrogen and oxygen atoms in total. The molecule has 0 N–H and O–H groups in total. The van der Waals surface area contributed by atoms with E-state index in [-0.39, 0.29) is 11.5 Å². The molecular weight excluding hydrogens is 480 g/mol. The number of fused-ring (bicyclic) bond motifs is 1. The molecule has 2 aromatic heterocycles. The van der Waals surface area contributed by atoms with Gasteiger partial charge in [-0.25, -0.2) is 15.0 Å². The Morgan fingerprint density at radius 1 is 1.17 bits per heavy atom. The van der Waals surface area contributed by atoms with Crippen LogP contribution in [0.5, 0.6) is 0 Å². The highest BCUT2D eigenvalue weighted by molar-refractivity contribution is 9.10. The highest BCUT2D eigenvalue weighted by Gasteiger charge is 2.24. The first kappa shape index (κ1) is 20.7. The second-order valence-electron chi connectivity index (χ2n) is 6.52. The van der Waals surface area contributed by atoms with Crippen LogP contribution in [0.2, 0.25) is 0 Å². The van der Waals surface area contributed by atoms with Gasteiger partial charge in [0.05, 0.1) is 17.3 Å². The minimum Gasteiger partial charge on any atom is -0.297 e. The van der Waals surface area contributed by atoms with Crippen LogP contribution in [0, 0.1) is 18.3 Å². The van der Waals surface area contributed by atoms with E-state index in [1.54, 1.807) is 0 Å². The third kappa shape index (κ3) is 4.43. The molecule has 2 heterocycles. The van der Waals surface area contributed by atoms with E-state index in [1.807, 2.05) is 60.8 Å². The van der Waals surface area contributed by atoms with Crippen molar-refractivity contribution in [1.82, 2.24) is 15.0 Å². The van der Waals surface area contributed by atoms with E-state index in [9.17, 15) is 10.1 Å². The molecule has 0 aliphatic rings. The van der Waals surface area contributed by atoms with Gasteiger partial charge < -0.3 is 0 Å². The van der Waals surface area contributed by atoms with Crippen LogP contribution in [0.25, 0.3) is 22.3 Å². The van der Waals surface area contributed by atoms with Crippen LogP contribution in [0.4, 0.5) is 0 Å². The topological polar surface area (TPSA) is 79.5 Å². The highest BCUT2D eigenvalue weighted by Crippen LogP contribution is 2.30. The van der Waals surface area contributed by atoms with Gasteiger partial charge in [-0.1, -0.05) is 58.0 Å². The number of ketones is 1. The number of nitrogens with zero attached hydrogens (tertiary/aromatic N) is 4. The summed E-state index contributed by atoms with van der Waals surface area (Å²) < 4.78 is 0.979. The fraction of sp³-hybridized carbons (Fsp3) is 0.136. The molecule has 0 saturated carbocycles. The Hall–Kier alpha value is -2.60. The summed E-state index contributed by atoms with van der Waals surface area (Å²) >= 11 is 6.11. The molecule has 30 heavy (non-hydrogen) atoms. The van der Waals surface area contributed by atoms with Gasteiger partial charge in [-0.15, -0.1) is 11.3 Å². The standard InChI is InChI=1S/C22H15BrN4OS2/c1-13-11-29-22(25-13)17(10-24)19(28)12-30-21-16-4-2-3-5-18(16)26-20(27-21)14-6-8-15(23)9-7-14/h2-9,11,17H,12H2,1H3/t17-/m0/s1. The number of aryl methyl sites for hydroxylation is 1. The Balaban J connectivity index is 1.64. The third-order valence-corrected chi connectivity index (χ3v) is 6.93. The molecule has 1 atom stereocenters. The van der Waals surface area contributed by atoms with Crippen molar-refractivity contribution in [3.05, 3.63) is 69.1 Å². The van der Waals surface area contributed by atoms with Gasteiger partial charge >= 0.3 is 0 Å². The van der Waals surface area contributed by atoms with Gasteiger partial charge in [0.1, 0.15) is 10.0 Å². The first-order valence-electron chi connectivity index (χ1n) is 9.05. The third-order valence-electron chi connectivity index (χ3n) is 4.36. The number of aromatic nitrogens is 3. The number of nitriles is 1. The van der Waals surface area contributed by atoms with Gasteiger partial charge in [0.25, 0.3) is 0 Å². The summed E-state index contributed by atoms with van der Waals surface area (Å²) in [5.41, 5.74) is 2.52. The molecule has 0 aliphatic carbocycles. The van der Waals surface area contributed by atoms with E-state index >= 15 is 0 Å². The maximum atomic E-state index is 12.8. The van der Waals surface area contributed by atoms with E-state index in [2.05, 4.69) is 32.0 Å². The zero-order valence-corrected chi connectivity index (χ0v) is 19.1. The normalized spacial score (nSPS) is 11.9. The molecule has 0 amide bonds. The van der Waals surface area contributed by atoms with Crippen molar-refractivity contribution in [2.24, 2.45) is 0 Å². The van der Waals surface area contributed by atoms with E-state index in [0.29, 0.717) is 10.8 Å². The SMILES string of the molecule is Cc1csc([C@@H](C#N)C(=O)CSc2nc(-c3ccc(Br)cc3)nc3ccccc23)n1. The second-order valence-corrected chi connectivity index (χ2v) is 9.29. The lowest BCUT2D eigenvalue weighted by molar-refractivity contribution is -0.116. The molecular formula is C22H15BrN4OS2. The van der Waals surface area contributed by atoms with E-state index in [0.717, 1.165) is 31.7 Å². The number of hydrogen-bond donors (Lipinski definition) is 0. The Morgan fingerprint density at radius 3 is 2.63 bits per heavy atom. The van der Waals surface area contributed by atoms with E-state index < -0.39 is 5.92 Å². The molecule has 0 unspecified atom stereocenters. The van der Waals surface area contributed by atoms with Crippen LogP contribution in [-0.4, -0.2) is 26.5 Å². The summed E-state index contributed by atoms with van der Waals surface area (Å²) in [5, 5.41) is 13.5. The molecule has 0 radical (unpaired) electrons. The van der Waals surface area contributed by atoms with Gasteiger partial charge in [-0.3, -0.25) is 4.79 Å². The van der Waals surface area contributed by atoms with Crippen LogP contribution < -0.4 is 0 Å². The maximum Gasteiger partial charge on any atom is 0.167 e. The molecule has 8 heteroatoms. The van der Waals surface area contributed by atoms with Gasteiger partial charge in [-0.05, 0) is 25.1 Å².